The smallest absolute Gasteiger partial charge is 0.326 e. The summed E-state index contributed by atoms with van der Waals surface area (Å²) in [4.78, 5) is 64.5. The molecule has 0 saturated heterocycles. The third-order valence-electron chi connectivity index (χ3n) is 6.15. The molecule has 2 rings (SSSR count). The monoisotopic (exact) mass is 563 g/mol. The number of unbranched alkanes of at least 4 members (excludes halogenated alkanes) is 1. The van der Waals surface area contributed by atoms with Gasteiger partial charge in [0.15, 0.2) is 0 Å². The van der Waals surface area contributed by atoms with Gasteiger partial charge in [-0.05, 0) is 43.9 Å². The summed E-state index contributed by atoms with van der Waals surface area (Å²) in [6, 6.07) is 2.84. The molecule has 2 aromatic rings. The van der Waals surface area contributed by atoms with Crippen molar-refractivity contribution in [2.45, 2.75) is 62.7 Å². The van der Waals surface area contributed by atoms with E-state index in [1.54, 1.807) is 6.20 Å². The Balaban J connectivity index is 2.10. The van der Waals surface area contributed by atoms with Crippen LogP contribution in [0.5, 0.6) is 0 Å². The average Bonchev–Trinajstić information content (AvgIpc) is 3.31. The van der Waals surface area contributed by atoms with Gasteiger partial charge < -0.3 is 43.2 Å². The minimum absolute atomic E-state index is 0.000791. The first kappa shape index (κ1) is 31.6. The second-order valence-corrected chi connectivity index (χ2v) is 9.53. The van der Waals surface area contributed by atoms with Gasteiger partial charge >= 0.3 is 5.97 Å². The molecule has 11 N–H and O–H groups in total. The first-order valence-corrected chi connectivity index (χ1v) is 13.2. The Hall–Kier alpha value is -3.62. The van der Waals surface area contributed by atoms with E-state index in [9.17, 15) is 29.1 Å². The van der Waals surface area contributed by atoms with E-state index in [2.05, 4.69) is 33.6 Å². The number of aliphatic carboxylic acids is 1. The molecule has 13 nitrogen and oxygen atoms in total. The highest BCUT2D eigenvalue weighted by molar-refractivity contribution is 7.80. The topological polar surface area (TPSA) is 236 Å². The maximum Gasteiger partial charge on any atom is 0.326 e. The number of carboxylic acid groups (broad SMARTS) is 1. The molecule has 0 aliphatic heterocycles. The highest BCUT2D eigenvalue weighted by atomic mass is 32.1. The van der Waals surface area contributed by atoms with Gasteiger partial charge in [0.1, 0.15) is 18.1 Å². The lowest BCUT2D eigenvalue weighted by molar-refractivity contribution is -0.142. The van der Waals surface area contributed by atoms with Gasteiger partial charge in [0.2, 0.25) is 23.6 Å². The summed E-state index contributed by atoms with van der Waals surface area (Å²) in [6.07, 6.45) is 2.88. The molecule has 1 aromatic heterocycles. The lowest BCUT2D eigenvalue weighted by atomic mass is 10.0. The number of nitrogens with two attached hydrogens (primary N) is 3. The van der Waals surface area contributed by atoms with Crippen LogP contribution in [0, 0.1) is 0 Å². The Morgan fingerprint density at radius 1 is 0.923 bits per heavy atom. The zero-order chi connectivity index (χ0) is 28.9. The van der Waals surface area contributed by atoms with Gasteiger partial charge in [-0.25, -0.2) is 4.79 Å². The molecular weight excluding hydrogens is 526 g/mol. The number of nitrogens with one attached hydrogen (secondary N) is 4. The van der Waals surface area contributed by atoms with Gasteiger partial charge in [-0.1, -0.05) is 18.2 Å². The fourth-order valence-electron chi connectivity index (χ4n) is 3.93. The van der Waals surface area contributed by atoms with E-state index < -0.39 is 53.8 Å². The number of hydrogen-bond acceptors (Lipinski definition) is 8. The van der Waals surface area contributed by atoms with Gasteiger partial charge in [0.05, 0.1) is 6.04 Å². The van der Waals surface area contributed by atoms with E-state index in [4.69, 9.17) is 17.2 Å². The van der Waals surface area contributed by atoms with Crippen molar-refractivity contribution >= 4 is 53.1 Å². The predicted octanol–water partition coefficient (Wildman–Crippen LogP) is -1.10. The van der Waals surface area contributed by atoms with Crippen molar-refractivity contribution in [3.05, 3.63) is 36.0 Å². The number of amides is 4. The summed E-state index contributed by atoms with van der Waals surface area (Å²) in [7, 11) is 0. The summed E-state index contributed by atoms with van der Waals surface area (Å²) in [5, 5.41) is 18.2. The molecule has 0 radical (unpaired) electrons. The minimum atomic E-state index is -1.26. The Labute approximate surface area is 231 Å². The lowest BCUT2D eigenvalue weighted by Crippen LogP contribution is -2.57. The highest BCUT2D eigenvalue weighted by Gasteiger charge is 2.30. The number of hydrogen-bond donors (Lipinski definition) is 9. The van der Waals surface area contributed by atoms with Crippen LogP contribution >= 0.6 is 12.6 Å². The first-order valence-electron chi connectivity index (χ1n) is 12.6. The average molecular weight is 564 g/mol. The van der Waals surface area contributed by atoms with Crippen molar-refractivity contribution in [3.63, 3.8) is 0 Å². The summed E-state index contributed by atoms with van der Waals surface area (Å²) in [6.45, 7) is 0.374. The zero-order valence-electron chi connectivity index (χ0n) is 21.5. The number of aromatic amines is 1. The van der Waals surface area contributed by atoms with Crippen LogP contribution in [0.4, 0.5) is 0 Å². The van der Waals surface area contributed by atoms with Gasteiger partial charge in [0, 0.05) is 35.7 Å². The zero-order valence-corrected chi connectivity index (χ0v) is 22.4. The second-order valence-electron chi connectivity index (χ2n) is 9.16. The number of thiol groups is 1. The van der Waals surface area contributed by atoms with Gasteiger partial charge in [-0.15, -0.1) is 0 Å². The van der Waals surface area contributed by atoms with E-state index in [-0.39, 0.29) is 31.4 Å². The van der Waals surface area contributed by atoms with Crippen LogP contribution in [0.25, 0.3) is 10.9 Å². The molecular formula is C25H37N7O6S. The maximum atomic E-state index is 13.2. The summed E-state index contributed by atoms with van der Waals surface area (Å²) < 4.78 is 0. The molecule has 214 valence electrons. The van der Waals surface area contributed by atoms with E-state index in [1.807, 2.05) is 24.3 Å². The lowest BCUT2D eigenvalue weighted by Gasteiger charge is -2.24. The largest absolute Gasteiger partial charge is 0.480 e. The number of benzene rings is 1. The van der Waals surface area contributed by atoms with Crippen molar-refractivity contribution < 1.29 is 29.1 Å². The van der Waals surface area contributed by atoms with Crippen molar-refractivity contribution in [1.29, 1.82) is 0 Å². The molecule has 0 fully saturated rings. The van der Waals surface area contributed by atoms with E-state index in [0.29, 0.717) is 24.9 Å². The van der Waals surface area contributed by atoms with Crippen LogP contribution in [-0.2, 0) is 30.4 Å². The van der Waals surface area contributed by atoms with E-state index in [1.165, 1.54) is 0 Å². The Bertz CT molecular complexity index is 1160. The molecule has 0 saturated carbocycles. The van der Waals surface area contributed by atoms with Crippen LogP contribution < -0.4 is 33.2 Å². The summed E-state index contributed by atoms with van der Waals surface area (Å²) >= 11 is 4.12. The van der Waals surface area contributed by atoms with E-state index in [0.717, 1.165) is 10.9 Å². The van der Waals surface area contributed by atoms with Gasteiger partial charge in [-0.2, -0.15) is 12.6 Å². The Kier molecular flexibility index (Phi) is 12.7. The van der Waals surface area contributed by atoms with Crippen LogP contribution in [-0.4, -0.2) is 76.2 Å². The van der Waals surface area contributed by atoms with Crippen molar-refractivity contribution in [2.75, 3.05) is 12.3 Å². The molecule has 14 heteroatoms. The first-order chi connectivity index (χ1) is 18.6. The molecule has 4 atom stereocenters. The molecule has 0 bridgehead atoms. The SMILES string of the molecule is NCCCCC(NC(=O)C(CS)NC(=O)C(N)CCC(N)=O)C(=O)NC(Cc1c[nH]c2ccccc12)C(=O)O. The standard InChI is InChI=1S/C25H37N7O6S/c26-10-4-3-7-18(30-24(36)20(13-39)32-22(34)16(27)8-9-21(28)33)23(35)31-19(25(37)38)11-14-12-29-17-6-2-1-5-15(14)17/h1-2,5-6,12,16,18-20,29,39H,3-4,7-11,13,26-27H2,(H2,28,33)(H,30,36)(H,31,35)(H,32,34)(H,37,38). The number of fused-ring (bicyclic) bond motifs is 1. The van der Waals surface area contributed by atoms with Gasteiger partial charge in [0.25, 0.3) is 0 Å². The fraction of sp³-hybridized carbons (Fsp3) is 0.480. The quantitative estimate of drug-likeness (QED) is 0.0844. The number of rotatable bonds is 17. The van der Waals surface area contributed by atoms with Crippen LogP contribution in [0.2, 0.25) is 0 Å². The Morgan fingerprint density at radius 3 is 2.21 bits per heavy atom. The third kappa shape index (κ3) is 9.89. The number of H-pyrrole nitrogens is 1. The molecule has 0 aliphatic carbocycles. The molecule has 0 aliphatic rings. The third-order valence-corrected chi connectivity index (χ3v) is 6.51. The van der Waals surface area contributed by atoms with Crippen molar-refractivity contribution in [1.82, 2.24) is 20.9 Å². The number of primary amides is 1. The molecule has 1 aromatic carbocycles. The molecule has 1 heterocycles. The van der Waals surface area contributed by atoms with Gasteiger partial charge in [-0.3, -0.25) is 19.2 Å². The van der Waals surface area contributed by atoms with Crippen LogP contribution in [0.1, 0.15) is 37.7 Å². The fourth-order valence-corrected chi connectivity index (χ4v) is 4.19. The number of para-hydroxylation sites is 1. The molecule has 0 spiro atoms. The normalized spacial score (nSPS) is 14.1. The predicted molar refractivity (Wildman–Crippen MR) is 149 cm³/mol. The number of carbonyl (C=O) groups excluding carboxylic acids is 4. The van der Waals surface area contributed by atoms with Crippen molar-refractivity contribution in [2.24, 2.45) is 17.2 Å². The van der Waals surface area contributed by atoms with Crippen LogP contribution in [0.3, 0.4) is 0 Å². The van der Waals surface area contributed by atoms with E-state index >= 15 is 0 Å². The minimum Gasteiger partial charge on any atom is -0.480 e. The molecule has 4 unspecified atom stereocenters. The van der Waals surface area contributed by atoms with Crippen LogP contribution in [0.15, 0.2) is 30.5 Å². The summed E-state index contributed by atoms with van der Waals surface area (Å²) in [5.41, 5.74) is 18.0. The number of carbonyl (C=O) groups is 5. The number of aromatic nitrogens is 1. The maximum absolute atomic E-state index is 13.2. The highest BCUT2D eigenvalue weighted by Crippen LogP contribution is 2.19. The number of carboxylic acids is 1. The molecule has 39 heavy (non-hydrogen) atoms. The Morgan fingerprint density at radius 2 is 1.56 bits per heavy atom. The summed E-state index contributed by atoms with van der Waals surface area (Å²) in [5.74, 6) is -4.01. The van der Waals surface area contributed by atoms with Crippen molar-refractivity contribution in [3.8, 4) is 0 Å². The second kappa shape index (κ2) is 15.7. The molecule has 4 amide bonds.